The molecular weight excluding hydrogens is 241 g/mol. The van der Waals surface area contributed by atoms with E-state index in [1.165, 1.54) is 0 Å². The number of halogens is 2. The van der Waals surface area contributed by atoms with Gasteiger partial charge in [-0.2, -0.15) is 0 Å². The van der Waals surface area contributed by atoms with Gasteiger partial charge < -0.3 is 5.32 Å². The Morgan fingerprint density at radius 2 is 2.25 bits per heavy atom. The van der Waals surface area contributed by atoms with Gasteiger partial charge in [0, 0.05) is 16.3 Å². The highest BCUT2D eigenvalue weighted by Gasteiger charge is 2.27. The minimum absolute atomic E-state index is 0.0349. The van der Waals surface area contributed by atoms with Gasteiger partial charge in [-0.15, -0.1) is 0 Å². The normalized spacial score (nSPS) is 20.5. The van der Waals surface area contributed by atoms with Crippen molar-refractivity contribution in [1.82, 2.24) is 0 Å². The highest BCUT2D eigenvalue weighted by Crippen LogP contribution is 2.37. The lowest BCUT2D eigenvalue weighted by molar-refractivity contribution is -0.115. The number of rotatable bonds is 0. The summed E-state index contributed by atoms with van der Waals surface area (Å²) in [6.45, 7) is 0. The number of amides is 1. The minimum Gasteiger partial charge on any atom is -0.325 e. The number of anilines is 1. The van der Waals surface area contributed by atoms with Crippen molar-refractivity contribution in [2.24, 2.45) is 0 Å². The molecule has 12 heavy (non-hydrogen) atoms. The van der Waals surface area contributed by atoms with Crippen LogP contribution in [0, 0.1) is 0 Å². The Morgan fingerprint density at radius 1 is 1.50 bits per heavy atom. The van der Waals surface area contributed by atoms with Gasteiger partial charge in [0.05, 0.1) is 0 Å². The summed E-state index contributed by atoms with van der Waals surface area (Å²) in [7, 11) is 0. The molecule has 4 heteroatoms. The average Bonchev–Trinajstić information content (AvgIpc) is 2.31. The molecule has 1 unspecified atom stereocenters. The molecule has 0 spiro atoms. The molecule has 1 aliphatic rings. The fourth-order valence-corrected chi connectivity index (χ4v) is 1.87. The second kappa shape index (κ2) is 2.75. The van der Waals surface area contributed by atoms with Crippen LogP contribution in [0.4, 0.5) is 5.69 Å². The van der Waals surface area contributed by atoms with E-state index in [2.05, 4.69) is 21.2 Å². The Hall–Kier alpha value is -0.540. The lowest BCUT2D eigenvalue weighted by atomic mass is 10.2. The van der Waals surface area contributed by atoms with Gasteiger partial charge in [-0.3, -0.25) is 4.79 Å². The fraction of sp³-hybridized carbons (Fsp3) is 0.125. The van der Waals surface area contributed by atoms with Crippen molar-refractivity contribution in [1.29, 1.82) is 0 Å². The van der Waals surface area contributed by atoms with Gasteiger partial charge in [0.2, 0.25) is 5.91 Å². The topological polar surface area (TPSA) is 29.1 Å². The van der Waals surface area contributed by atoms with Gasteiger partial charge in [-0.25, -0.2) is 0 Å². The number of carbonyl (C=O) groups excluding carboxylic acids is 1. The van der Waals surface area contributed by atoms with Crippen LogP contribution in [0.1, 0.15) is 10.4 Å². The van der Waals surface area contributed by atoms with Crippen LogP contribution in [0.15, 0.2) is 18.2 Å². The maximum atomic E-state index is 11.1. The first-order chi connectivity index (χ1) is 5.68. The van der Waals surface area contributed by atoms with Crippen molar-refractivity contribution >= 4 is 39.1 Å². The third kappa shape index (κ3) is 1.13. The molecule has 0 radical (unpaired) electrons. The maximum Gasteiger partial charge on any atom is 0.242 e. The molecule has 1 aromatic carbocycles. The molecule has 0 saturated heterocycles. The Bertz CT molecular complexity index is 353. The number of hydrogen-bond acceptors (Lipinski definition) is 1. The van der Waals surface area contributed by atoms with Crippen molar-refractivity contribution in [2.75, 3.05) is 5.32 Å². The zero-order valence-electron chi connectivity index (χ0n) is 5.97. The van der Waals surface area contributed by atoms with Gasteiger partial charge in [-0.05, 0) is 18.2 Å². The van der Waals surface area contributed by atoms with Crippen molar-refractivity contribution < 1.29 is 4.79 Å². The molecule has 0 aliphatic carbocycles. The van der Waals surface area contributed by atoms with Crippen LogP contribution in [0.2, 0.25) is 5.02 Å². The number of nitrogens with one attached hydrogen (secondary N) is 1. The molecule has 1 heterocycles. The van der Waals surface area contributed by atoms with E-state index in [1.54, 1.807) is 18.2 Å². The van der Waals surface area contributed by atoms with Crippen molar-refractivity contribution in [3.63, 3.8) is 0 Å². The summed E-state index contributed by atoms with van der Waals surface area (Å²) in [6, 6.07) is 5.34. The molecule has 2 rings (SSSR count). The Kier molecular flexibility index (Phi) is 1.85. The summed E-state index contributed by atoms with van der Waals surface area (Å²) in [5.74, 6) is -0.0349. The SMILES string of the molecule is O=C1Nc2ccc(Cl)cc2C1Br. The summed E-state index contributed by atoms with van der Waals surface area (Å²) >= 11 is 9.04. The van der Waals surface area contributed by atoms with E-state index in [-0.39, 0.29) is 10.7 Å². The van der Waals surface area contributed by atoms with E-state index >= 15 is 0 Å². The zero-order valence-corrected chi connectivity index (χ0v) is 8.32. The number of hydrogen-bond donors (Lipinski definition) is 1. The number of carbonyl (C=O) groups is 1. The first-order valence-electron chi connectivity index (χ1n) is 3.43. The molecule has 62 valence electrons. The predicted octanol–water partition coefficient (Wildman–Crippen LogP) is 2.73. The van der Waals surface area contributed by atoms with Gasteiger partial charge in [0.15, 0.2) is 0 Å². The molecule has 0 fully saturated rings. The van der Waals surface area contributed by atoms with E-state index in [0.717, 1.165) is 11.3 Å². The Balaban J connectivity index is 2.55. The quantitative estimate of drug-likeness (QED) is 0.701. The van der Waals surface area contributed by atoms with Crippen molar-refractivity contribution in [3.8, 4) is 0 Å². The largest absolute Gasteiger partial charge is 0.325 e. The van der Waals surface area contributed by atoms with E-state index in [0.29, 0.717) is 5.02 Å². The van der Waals surface area contributed by atoms with E-state index in [4.69, 9.17) is 11.6 Å². The van der Waals surface area contributed by atoms with Crippen LogP contribution in [-0.2, 0) is 4.79 Å². The van der Waals surface area contributed by atoms with Crippen LogP contribution in [0.5, 0.6) is 0 Å². The predicted molar refractivity (Wildman–Crippen MR) is 51.7 cm³/mol. The lowest BCUT2D eigenvalue weighted by Crippen LogP contribution is -2.06. The molecule has 1 atom stereocenters. The summed E-state index contributed by atoms with van der Waals surface area (Å²) in [6.07, 6.45) is 0. The lowest BCUT2D eigenvalue weighted by Gasteiger charge is -1.98. The van der Waals surface area contributed by atoms with Gasteiger partial charge in [-0.1, -0.05) is 27.5 Å². The van der Waals surface area contributed by atoms with Crippen molar-refractivity contribution in [3.05, 3.63) is 28.8 Å². The first-order valence-corrected chi connectivity index (χ1v) is 4.72. The van der Waals surface area contributed by atoms with Gasteiger partial charge in [0.25, 0.3) is 0 Å². The maximum absolute atomic E-state index is 11.1. The van der Waals surface area contributed by atoms with Crippen LogP contribution in [0.3, 0.4) is 0 Å². The molecule has 1 aliphatic heterocycles. The highest BCUT2D eigenvalue weighted by atomic mass is 79.9. The van der Waals surface area contributed by atoms with Gasteiger partial charge in [0.1, 0.15) is 4.83 Å². The Morgan fingerprint density at radius 3 is 3.00 bits per heavy atom. The third-order valence-corrected chi connectivity index (χ3v) is 2.92. The van der Waals surface area contributed by atoms with Crippen LogP contribution in [0.25, 0.3) is 0 Å². The fourth-order valence-electron chi connectivity index (χ4n) is 1.19. The second-order valence-electron chi connectivity index (χ2n) is 2.58. The number of fused-ring (bicyclic) bond motifs is 1. The summed E-state index contributed by atoms with van der Waals surface area (Å²) in [4.78, 5) is 10.9. The zero-order chi connectivity index (χ0) is 8.72. The monoisotopic (exact) mass is 245 g/mol. The Labute approximate surface area is 83.0 Å². The summed E-state index contributed by atoms with van der Waals surface area (Å²) in [5.41, 5.74) is 1.75. The first kappa shape index (κ1) is 8.08. The minimum atomic E-state index is -0.258. The molecular formula is C8H5BrClNO. The summed E-state index contributed by atoms with van der Waals surface area (Å²) in [5, 5.41) is 3.38. The molecule has 0 aromatic heterocycles. The molecule has 1 N–H and O–H groups in total. The second-order valence-corrected chi connectivity index (χ2v) is 3.94. The van der Waals surface area contributed by atoms with E-state index < -0.39 is 0 Å². The standard InChI is InChI=1S/C8H5BrClNO/c9-7-5-3-4(10)1-2-6(5)11-8(7)12/h1-3,7H,(H,11,12). The van der Waals surface area contributed by atoms with Gasteiger partial charge >= 0.3 is 0 Å². The van der Waals surface area contributed by atoms with E-state index in [1.807, 2.05) is 0 Å². The molecule has 1 aromatic rings. The highest BCUT2D eigenvalue weighted by molar-refractivity contribution is 9.09. The van der Waals surface area contributed by atoms with Crippen LogP contribution in [-0.4, -0.2) is 5.91 Å². The average molecular weight is 246 g/mol. The molecule has 0 bridgehead atoms. The van der Waals surface area contributed by atoms with Crippen LogP contribution >= 0.6 is 27.5 Å². The molecule has 0 saturated carbocycles. The number of alkyl halides is 1. The van der Waals surface area contributed by atoms with E-state index in [9.17, 15) is 4.79 Å². The summed E-state index contributed by atoms with van der Waals surface area (Å²) < 4.78 is 0. The third-order valence-electron chi connectivity index (χ3n) is 1.77. The number of benzene rings is 1. The van der Waals surface area contributed by atoms with Crippen molar-refractivity contribution in [2.45, 2.75) is 4.83 Å². The molecule has 2 nitrogen and oxygen atoms in total. The smallest absolute Gasteiger partial charge is 0.242 e. The molecule has 1 amide bonds. The van der Waals surface area contributed by atoms with Crippen LogP contribution < -0.4 is 5.32 Å².